The van der Waals surface area contributed by atoms with Gasteiger partial charge in [-0.05, 0) is 37.8 Å². The third-order valence-electron chi connectivity index (χ3n) is 3.99. The van der Waals surface area contributed by atoms with Gasteiger partial charge in [0.1, 0.15) is 0 Å². The summed E-state index contributed by atoms with van der Waals surface area (Å²) in [6, 6.07) is 5.25. The Hall–Kier alpha value is -0.930. The first-order chi connectivity index (χ1) is 8.16. The summed E-state index contributed by atoms with van der Waals surface area (Å²) >= 11 is 0. The van der Waals surface area contributed by atoms with Crippen molar-refractivity contribution in [2.75, 3.05) is 6.54 Å². The van der Waals surface area contributed by atoms with Gasteiger partial charge in [0, 0.05) is 37.4 Å². The Kier molecular flexibility index (Phi) is 2.68. The highest BCUT2D eigenvalue weighted by molar-refractivity contribution is 5.14. The third kappa shape index (κ3) is 2.35. The van der Waals surface area contributed by atoms with Crippen molar-refractivity contribution in [3.05, 3.63) is 30.1 Å². The minimum Gasteiger partial charge on any atom is -0.388 e. The Labute approximate surface area is 102 Å². The van der Waals surface area contributed by atoms with E-state index in [-0.39, 0.29) is 0 Å². The van der Waals surface area contributed by atoms with Crippen LogP contribution in [0.3, 0.4) is 0 Å². The van der Waals surface area contributed by atoms with E-state index in [1.165, 1.54) is 12.8 Å². The molecular weight excluding hydrogens is 212 g/mol. The molecule has 2 aliphatic rings. The van der Waals surface area contributed by atoms with Crippen LogP contribution in [0.25, 0.3) is 0 Å². The second-order valence-electron chi connectivity index (χ2n) is 5.72. The van der Waals surface area contributed by atoms with E-state index in [1.807, 2.05) is 12.3 Å². The molecule has 3 rings (SSSR count). The van der Waals surface area contributed by atoms with Crippen LogP contribution >= 0.6 is 0 Å². The summed E-state index contributed by atoms with van der Waals surface area (Å²) in [5.41, 5.74) is 0.588. The zero-order valence-electron chi connectivity index (χ0n) is 10.3. The van der Waals surface area contributed by atoms with Crippen LogP contribution in [-0.2, 0) is 6.42 Å². The average Bonchev–Trinajstić information content (AvgIpc) is 3.07. The Bertz CT molecular complexity index is 390. The summed E-state index contributed by atoms with van der Waals surface area (Å²) in [4.78, 5) is 6.60. The van der Waals surface area contributed by atoms with Crippen LogP contribution in [-0.4, -0.2) is 39.2 Å². The van der Waals surface area contributed by atoms with Gasteiger partial charge in [0.15, 0.2) is 0 Å². The highest BCUT2D eigenvalue weighted by Crippen LogP contribution is 2.38. The van der Waals surface area contributed by atoms with Crippen LogP contribution in [0.2, 0.25) is 0 Å². The molecule has 2 fully saturated rings. The maximum Gasteiger partial charge on any atom is 0.0829 e. The molecular formula is C14H20N2O. The van der Waals surface area contributed by atoms with E-state index in [2.05, 4.69) is 22.9 Å². The Morgan fingerprint density at radius 3 is 3.00 bits per heavy atom. The second kappa shape index (κ2) is 4.07. The molecule has 2 atom stereocenters. The van der Waals surface area contributed by atoms with Crippen molar-refractivity contribution in [2.24, 2.45) is 0 Å². The summed E-state index contributed by atoms with van der Waals surface area (Å²) in [6.45, 7) is 3.06. The number of aromatic nitrogens is 1. The van der Waals surface area contributed by atoms with E-state index in [0.717, 1.165) is 31.0 Å². The maximum absolute atomic E-state index is 10.7. The predicted molar refractivity (Wildman–Crippen MR) is 66.7 cm³/mol. The molecule has 0 amide bonds. The number of pyridine rings is 1. The van der Waals surface area contributed by atoms with Crippen LogP contribution in [0.1, 0.15) is 31.7 Å². The molecule has 1 saturated carbocycles. The standard InChI is InChI=1S/C14H20N2O/c1-11-7-14(17,10-16(11)13-4-5-13)8-12-3-2-6-15-9-12/h2-3,6,9,11,13,17H,4-5,7-8,10H2,1H3. The molecule has 1 aliphatic carbocycles. The lowest BCUT2D eigenvalue weighted by atomic mass is 9.93. The van der Waals surface area contributed by atoms with Crippen molar-refractivity contribution in [3.63, 3.8) is 0 Å². The van der Waals surface area contributed by atoms with Crippen molar-refractivity contribution in [2.45, 2.75) is 50.3 Å². The first-order valence-electron chi connectivity index (χ1n) is 6.53. The van der Waals surface area contributed by atoms with Crippen LogP contribution in [0.4, 0.5) is 0 Å². The zero-order valence-corrected chi connectivity index (χ0v) is 10.3. The van der Waals surface area contributed by atoms with Gasteiger partial charge in [-0.15, -0.1) is 0 Å². The molecule has 17 heavy (non-hydrogen) atoms. The lowest BCUT2D eigenvalue weighted by Gasteiger charge is -2.23. The molecule has 0 bridgehead atoms. The number of aliphatic hydroxyl groups is 1. The van der Waals surface area contributed by atoms with E-state index in [9.17, 15) is 5.11 Å². The molecule has 2 heterocycles. The topological polar surface area (TPSA) is 36.4 Å². The number of rotatable bonds is 3. The van der Waals surface area contributed by atoms with Crippen LogP contribution < -0.4 is 0 Å². The second-order valence-corrected chi connectivity index (χ2v) is 5.72. The Morgan fingerprint density at radius 2 is 2.35 bits per heavy atom. The van der Waals surface area contributed by atoms with Gasteiger partial charge in [0.2, 0.25) is 0 Å². The summed E-state index contributed by atoms with van der Waals surface area (Å²) in [6.07, 6.45) is 7.89. The van der Waals surface area contributed by atoms with E-state index in [1.54, 1.807) is 6.20 Å². The predicted octanol–water partition coefficient (Wildman–Crippen LogP) is 1.61. The van der Waals surface area contributed by atoms with Gasteiger partial charge in [-0.1, -0.05) is 6.07 Å². The minimum atomic E-state index is -0.551. The molecule has 92 valence electrons. The highest BCUT2D eigenvalue weighted by atomic mass is 16.3. The van der Waals surface area contributed by atoms with Crippen molar-refractivity contribution in [1.29, 1.82) is 0 Å². The summed E-state index contributed by atoms with van der Waals surface area (Å²) < 4.78 is 0. The van der Waals surface area contributed by atoms with E-state index in [0.29, 0.717) is 6.04 Å². The van der Waals surface area contributed by atoms with E-state index in [4.69, 9.17) is 0 Å². The lowest BCUT2D eigenvalue weighted by Crippen LogP contribution is -2.36. The molecule has 1 saturated heterocycles. The van der Waals surface area contributed by atoms with Gasteiger partial charge in [0.05, 0.1) is 5.60 Å². The van der Waals surface area contributed by atoms with Crippen LogP contribution in [0.5, 0.6) is 0 Å². The highest BCUT2D eigenvalue weighted by Gasteiger charge is 2.45. The number of hydrogen-bond acceptors (Lipinski definition) is 3. The number of β-amino-alcohol motifs (C(OH)–C–C–N with tert-alkyl or cyclic N) is 1. The normalized spacial score (nSPS) is 34.1. The molecule has 3 nitrogen and oxygen atoms in total. The number of hydrogen-bond donors (Lipinski definition) is 1. The largest absolute Gasteiger partial charge is 0.388 e. The first-order valence-corrected chi connectivity index (χ1v) is 6.53. The molecule has 0 aromatic carbocycles. The Balaban J connectivity index is 1.70. The van der Waals surface area contributed by atoms with E-state index < -0.39 is 5.60 Å². The number of likely N-dealkylation sites (tertiary alicyclic amines) is 1. The van der Waals surface area contributed by atoms with Gasteiger partial charge < -0.3 is 5.11 Å². The molecule has 1 aromatic heterocycles. The number of nitrogens with zero attached hydrogens (tertiary/aromatic N) is 2. The molecule has 1 N–H and O–H groups in total. The monoisotopic (exact) mass is 232 g/mol. The molecule has 2 unspecified atom stereocenters. The SMILES string of the molecule is CC1CC(O)(Cc2cccnc2)CN1C1CC1. The molecule has 1 aromatic rings. The van der Waals surface area contributed by atoms with Gasteiger partial charge in [-0.2, -0.15) is 0 Å². The third-order valence-corrected chi connectivity index (χ3v) is 3.99. The zero-order chi connectivity index (χ0) is 11.9. The van der Waals surface area contributed by atoms with Crippen molar-refractivity contribution in [3.8, 4) is 0 Å². The van der Waals surface area contributed by atoms with Gasteiger partial charge in [-0.3, -0.25) is 9.88 Å². The summed E-state index contributed by atoms with van der Waals surface area (Å²) in [5.74, 6) is 0. The fourth-order valence-electron chi connectivity index (χ4n) is 3.13. The quantitative estimate of drug-likeness (QED) is 0.860. The molecule has 0 spiro atoms. The lowest BCUT2D eigenvalue weighted by molar-refractivity contribution is 0.0486. The summed E-state index contributed by atoms with van der Waals surface area (Å²) in [5, 5.41) is 10.7. The fraction of sp³-hybridized carbons (Fsp3) is 0.643. The fourth-order valence-corrected chi connectivity index (χ4v) is 3.13. The van der Waals surface area contributed by atoms with Crippen LogP contribution in [0.15, 0.2) is 24.5 Å². The molecule has 3 heteroatoms. The van der Waals surface area contributed by atoms with Crippen molar-refractivity contribution >= 4 is 0 Å². The molecule has 0 radical (unpaired) electrons. The Morgan fingerprint density at radius 1 is 1.53 bits per heavy atom. The van der Waals surface area contributed by atoms with Gasteiger partial charge in [-0.25, -0.2) is 0 Å². The van der Waals surface area contributed by atoms with E-state index >= 15 is 0 Å². The first kappa shape index (κ1) is 11.2. The average molecular weight is 232 g/mol. The van der Waals surface area contributed by atoms with Crippen molar-refractivity contribution < 1.29 is 5.11 Å². The van der Waals surface area contributed by atoms with Gasteiger partial charge >= 0.3 is 0 Å². The smallest absolute Gasteiger partial charge is 0.0829 e. The van der Waals surface area contributed by atoms with Crippen LogP contribution in [0, 0.1) is 0 Å². The van der Waals surface area contributed by atoms with Crippen molar-refractivity contribution in [1.82, 2.24) is 9.88 Å². The minimum absolute atomic E-state index is 0.518. The molecule has 1 aliphatic heterocycles. The summed E-state index contributed by atoms with van der Waals surface area (Å²) in [7, 11) is 0. The maximum atomic E-state index is 10.7. The van der Waals surface area contributed by atoms with Gasteiger partial charge in [0.25, 0.3) is 0 Å².